The Balaban J connectivity index is 1.77. The minimum Gasteiger partial charge on any atom is -0.489 e. The van der Waals surface area contributed by atoms with Gasteiger partial charge in [-0.05, 0) is 41.8 Å². The van der Waals surface area contributed by atoms with Crippen LogP contribution in [0.3, 0.4) is 0 Å². The normalized spacial score (nSPS) is 10.7. The zero-order chi connectivity index (χ0) is 18.5. The van der Waals surface area contributed by atoms with E-state index in [1.54, 1.807) is 24.3 Å². The third-order valence-corrected chi connectivity index (χ3v) is 4.10. The topological polar surface area (TPSA) is 65.7 Å². The van der Waals surface area contributed by atoms with Crippen molar-refractivity contribution in [1.82, 2.24) is 0 Å². The van der Waals surface area contributed by atoms with Crippen molar-refractivity contribution >= 4 is 16.9 Å². The lowest BCUT2D eigenvalue weighted by atomic mass is 10.1. The minimum absolute atomic E-state index is 0.339. The van der Waals surface area contributed by atoms with Crippen molar-refractivity contribution in [2.45, 2.75) is 26.4 Å². The number of hydrogen-bond acceptors (Lipinski definition) is 5. The maximum absolute atomic E-state index is 11.7. The monoisotopic (exact) mass is 352 g/mol. The number of aryl methyl sites for hydroxylation is 1. The highest BCUT2D eigenvalue weighted by molar-refractivity contribution is 5.89. The second-order valence-corrected chi connectivity index (χ2v) is 5.98. The average Bonchev–Trinajstić information content (AvgIpc) is 2.66. The Bertz CT molecular complexity index is 970. The fourth-order valence-electron chi connectivity index (χ4n) is 2.80. The molecule has 0 saturated heterocycles. The highest BCUT2D eigenvalue weighted by atomic mass is 16.5. The molecule has 0 N–H and O–H groups in total. The highest BCUT2D eigenvalue weighted by Crippen LogP contribution is 2.24. The first-order valence-corrected chi connectivity index (χ1v) is 8.47. The van der Waals surface area contributed by atoms with Crippen molar-refractivity contribution in [1.29, 1.82) is 0 Å². The van der Waals surface area contributed by atoms with E-state index in [0.29, 0.717) is 23.5 Å². The Morgan fingerprint density at radius 2 is 1.85 bits per heavy atom. The van der Waals surface area contributed by atoms with Crippen LogP contribution in [0.2, 0.25) is 0 Å². The molecule has 0 bridgehead atoms. The lowest BCUT2D eigenvalue weighted by molar-refractivity contribution is 0.0600. The smallest absolute Gasteiger partial charge is 0.337 e. The predicted molar refractivity (Wildman–Crippen MR) is 98.6 cm³/mol. The second kappa shape index (κ2) is 7.87. The summed E-state index contributed by atoms with van der Waals surface area (Å²) in [6, 6.07) is 14.1. The number of carbonyl (C=O) groups is 1. The molecule has 3 aromatic rings. The molecule has 0 aliphatic heterocycles. The van der Waals surface area contributed by atoms with Crippen LogP contribution < -0.4 is 10.4 Å². The molecule has 5 heteroatoms. The molecule has 134 valence electrons. The standard InChI is InChI=1S/C21H20O5/c1-3-4-16-11-20(22)26-19-12-17(9-10-18(16)19)25-13-14-5-7-15(8-6-14)21(23)24-2/h5-12H,3-4,13H2,1-2H3. The molecule has 0 aliphatic rings. The fraction of sp³-hybridized carbons (Fsp3) is 0.238. The average molecular weight is 352 g/mol. The van der Waals surface area contributed by atoms with Gasteiger partial charge in [-0.3, -0.25) is 0 Å². The summed E-state index contributed by atoms with van der Waals surface area (Å²) in [6.07, 6.45) is 1.78. The number of hydrogen-bond donors (Lipinski definition) is 0. The number of carbonyl (C=O) groups excluding carboxylic acids is 1. The first-order chi connectivity index (χ1) is 12.6. The quantitative estimate of drug-likeness (QED) is 0.493. The Kier molecular flexibility index (Phi) is 5.37. The van der Waals surface area contributed by atoms with Gasteiger partial charge in [-0.2, -0.15) is 0 Å². The molecule has 0 saturated carbocycles. The summed E-state index contributed by atoms with van der Waals surface area (Å²) >= 11 is 0. The largest absolute Gasteiger partial charge is 0.489 e. The van der Waals surface area contributed by atoms with Gasteiger partial charge in [-0.1, -0.05) is 25.5 Å². The van der Waals surface area contributed by atoms with Crippen molar-refractivity contribution in [2.75, 3.05) is 7.11 Å². The van der Waals surface area contributed by atoms with E-state index in [1.807, 2.05) is 24.3 Å². The van der Waals surface area contributed by atoms with Crippen LogP contribution in [0.25, 0.3) is 11.0 Å². The minimum atomic E-state index is -0.370. The molecular formula is C21H20O5. The molecule has 3 rings (SSSR count). The number of esters is 1. The van der Waals surface area contributed by atoms with Gasteiger partial charge in [-0.15, -0.1) is 0 Å². The van der Waals surface area contributed by atoms with Crippen molar-refractivity contribution in [2.24, 2.45) is 0 Å². The van der Waals surface area contributed by atoms with Crippen LogP contribution in [0.15, 0.2) is 57.7 Å². The molecule has 0 atom stereocenters. The lowest BCUT2D eigenvalue weighted by Gasteiger charge is -2.09. The Morgan fingerprint density at radius 3 is 2.54 bits per heavy atom. The number of rotatable bonds is 6. The predicted octanol–water partition coefficient (Wildman–Crippen LogP) is 4.11. The first-order valence-electron chi connectivity index (χ1n) is 8.47. The van der Waals surface area contributed by atoms with Gasteiger partial charge in [-0.25, -0.2) is 9.59 Å². The van der Waals surface area contributed by atoms with Gasteiger partial charge >= 0.3 is 11.6 Å². The molecule has 0 spiro atoms. The zero-order valence-electron chi connectivity index (χ0n) is 14.8. The van der Waals surface area contributed by atoms with E-state index >= 15 is 0 Å². The third-order valence-electron chi connectivity index (χ3n) is 4.10. The number of fused-ring (bicyclic) bond motifs is 1. The van der Waals surface area contributed by atoms with Crippen LogP contribution in [0.4, 0.5) is 0 Å². The molecule has 0 radical (unpaired) electrons. The van der Waals surface area contributed by atoms with Crippen LogP contribution in [-0.2, 0) is 17.8 Å². The van der Waals surface area contributed by atoms with Gasteiger partial charge in [0.25, 0.3) is 0 Å². The van der Waals surface area contributed by atoms with Crippen molar-refractivity contribution in [3.05, 3.63) is 75.6 Å². The molecule has 2 aromatic carbocycles. The van der Waals surface area contributed by atoms with Gasteiger partial charge < -0.3 is 13.9 Å². The maximum Gasteiger partial charge on any atom is 0.337 e. The molecule has 0 fully saturated rings. The van der Waals surface area contributed by atoms with Gasteiger partial charge in [0.1, 0.15) is 17.9 Å². The highest BCUT2D eigenvalue weighted by Gasteiger charge is 2.08. The van der Waals surface area contributed by atoms with E-state index in [2.05, 4.69) is 11.7 Å². The van der Waals surface area contributed by atoms with Crippen LogP contribution in [0.1, 0.15) is 34.8 Å². The van der Waals surface area contributed by atoms with Crippen LogP contribution >= 0.6 is 0 Å². The molecule has 0 amide bonds. The van der Waals surface area contributed by atoms with E-state index < -0.39 is 0 Å². The molecule has 5 nitrogen and oxygen atoms in total. The molecular weight excluding hydrogens is 332 g/mol. The number of methoxy groups -OCH3 is 1. The summed E-state index contributed by atoms with van der Waals surface area (Å²) in [5.41, 5.74) is 2.57. The summed E-state index contributed by atoms with van der Waals surface area (Å²) in [7, 11) is 1.35. The van der Waals surface area contributed by atoms with E-state index in [1.165, 1.54) is 7.11 Å². The Morgan fingerprint density at radius 1 is 1.08 bits per heavy atom. The summed E-state index contributed by atoms with van der Waals surface area (Å²) in [6.45, 7) is 2.41. The van der Waals surface area contributed by atoms with Gasteiger partial charge in [0.15, 0.2) is 0 Å². The van der Waals surface area contributed by atoms with Gasteiger partial charge in [0, 0.05) is 17.5 Å². The molecule has 0 aliphatic carbocycles. The van der Waals surface area contributed by atoms with Crippen molar-refractivity contribution in [3.63, 3.8) is 0 Å². The second-order valence-electron chi connectivity index (χ2n) is 5.98. The molecule has 26 heavy (non-hydrogen) atoms. The third kappa shape index (κ3) is 3.94. The Labute approximate surface area is 151 Å². The van der Waals surface area contributed by atoms with Crippen LogP contribution in [0, 0.1) is 0 Å². The fourth-order valence-corrected chi connectivity index (χ4v) is 2.80. The molecule has 0 unspecified atom stereocenters. The number of ether oxygens (including phenoxy) is 2. The summed E-state index contributed by atoms with van der Waals surface area (Å²) < 4.78 is 15.8. The summed E-state index contributed by atoms with van der Waals surface area (Å²) in [4.78, 5) is 23.2. The van der Waals surface area contributed by atoms with E-state index in [4.69, 9.17) is 9.15 Å². The van der Waals surface area contributed by atoms with Crippen molar-refractivity contribution in [3.8, 4) is 5.75 Å². The van der Waals surface area contributed by atoms with Gasteiger partial charge in [0.05, 0.1) is 12.7 Å². The van der Waals surface area contributed by atoms with Crippen LogP contribution in [-0.4, -0.2) is 13.1 Å². The van der Waals surface area contributed by atoms with Crippen molar-refractivity contribution < 1.29 is 18.7 Å². The summed E-state index contributed by atoms with van der Waals surface area (Å²) in [5.74, 6) is 0.247. The Hall–Kier alpha value is -3.08. The molecule has 1 heterocycles. The SMILES string of the molecule is CCCc1cc(=O)oc2cc(OCc3ccc(C(=O)OC)cc3)ccc12. The molecule has 1 aromatic heterocycles. The first kappa shape index (κ1) is 17.7. The number of benzene rings is 2. The van der Waals surface area contributed by atoms with Gasteiger partial charge in [0.2, 0.25) is 0 Å². The maximum atomic E-state index is 11.7. The van der Waals surface area contributed by atoms with E-state index in [0.717, 1.165) is 29.4 Å². The summed E-state index contributed by atoms with van der Waals surface area (Å²) in [5, 5.41) is 0.932. The van der Waals surface area contributed by atoms with E-state index in [9.17, 15) is 9.59 Å². The van der Waals surface area contributed by atoms with E-state index in [-0.39, 0.29) is 11.6 Å². The van der Waals surface area contributed by atoms with Crippen LogP contribution in [0.5, 0.6) is 5.75 Å². The zero-order valence-corrected chi connectivity index (χ0v) is 14.8. The lowest BCUT2D eigenvalue weighted by Crippen LogP contribution is -2.02.